The smallest absolute Gasteiger partial charge is 0.122 e. The number of benzene rings is 1. The summed E-state index contributed by atoms with van der Waals surface area (Å²) in [4.78, 5) is 0. The molecule has 0 radical (unpaired) electrons. The van der Waals surface area contributed by atoms with Crippen molar-refractivity contribution in [1.29, 1.82) is 0 Å². The topological polar surface area (TPSA) is 21.3 Å². The average molecular weight is 247 g/mol. The van der Waals surface area contributed by atoms with Crippen LogP contribution in [0.5, 0.6) is 5.75 Å². The van der Waals surface area contributed by atoms with E-state index in [-0.39, 0.29) is 0 Å². The molecule has 0 fully saturated rings. The number of fused-ring (bicyclic) bond motifs is 1. The van der Waals surface area contributed by atoms with Crippen LogP contribution < -0.4 is 10.1 Å². The van der Waals surface area contributed by atoms with E-state index in [0.717, 1.165) is 24.7 Å². The summed E-state index contributed by atoms with van der Waals surface area (Å²) in [6.07, 6.45) is 3.63. The first kappa shape index (κ1) is 13.4. The van der Waals surface area contributed by atoms with E-state index < -0.39 is 0 Å². The molecular formula is C16H25NO. The Bertz CT molecular complexity index is 414. The van der Waals surface area contributed by atoms with Gasteiger partial charge in [0.2, 0.25) is 0 Å². The first-order valence-corrected chi connectivity index (χ1v) is 7.09. The molecule has 2 nitrogen and oxygen atoms in total. The van der Waals surface area contributed by atoms with Gasteiger partial charge in [0.25, 0.3) is 0 Å². The summed E-state index contributed by atoms with van der Waals surface area (Å²) in [5, 5.41) is 3.49. The quantitative estimate of drug-likeness (QED) is 0.824. The monoisotopic (exact) mass is 247 g/mol. The molecule has 0 amide bonds. The van der Waals surface area contributed by atoms with Crippen LogP contribution in [0.15, 0.2) is 12.1 Å². The predicted octanol–water partition coefficient (Wildman–Crippen LogP) is 3.63. The van der Waals surface area contributed by atoms with Crippen molar-refractivity contribution in [3.8, 4) is 5.75 Å². The summed E-state index contributed by atoms with van der Waals surface area (Å²) >= 11 is 0. The second-order valence-electron chi connectivity index (χ2n) is 5.43. The Morgan fingerprint density at radius 2 is 2.17 bits per heavy atom. The van der Waals surface area contributed by atoms with Gasteiger partial charge in [-0.1, -0.05) is 13.0 Å². The molecule has 2 unspecified atom stereocenters. The van der Waals surface area contributed by atoms with Crippen LogP contribution >= 0.6 is 0 Å². The number of rotatable bonds is 3. The molecule has 0 saturated carbocycles. The summed E-state index contributed by atoms with van der Waals surface area (Å²) in [5.74, 6) is 1.86. The third kappa shape index (κ3) is 2.54. The summed E-state index contributed by atoms with van der Waals surface area (Å²) in [6.45, 7) is 7.37. The normalized spacial score (nSPS) is 23.3. The zero-order valence-corrected chi connectivity index (χ0v) is 12.0. The zero-order chi connectivity index (χ0) is 13.1. The highest BCUT2D eigenvalue weighted by atomic mass is 16.5. The van der Waals surface area contributed by atoms with Gasteiger partial charge >= 0.3 is 0 Å². The van der Waals surface area contributed by atoms with Gasteiger partial charge in [0.1, 0.15) is 5.75 Å². The van der Waals surface area contributed by atoms with Crippen LogP contribution in [-0.4, -0.2) is 13.7 Å². The van der Waals surface area contributed by atoms with Crippen molar-refractivity contribution in [2.75, 3.05) is 13.7 Å². The number of ether oxygens (including phenoxy) is 1. The van der Waals surface area contributed by atoms with Crippen LogP contribution in [0.1, 0.15) is 49.4 Å². The van der Waals surface area contributed by atoms with Gasteiger partial charge in [-0.25, -0.2) is 0 Å². The number of nitrogens with one attached hydrogen (secondary N) is 1. The minimum atomic E-state index is 0.470. The molecule has 0 heterocycles. The minimum absolute atomic E-state index is 0.470. The molecule has 1 aromatic rings. The zero-order valence-electron chi connectivity index (χ0n) is 12.0. The maximum absolute atomic E-state index is 5.82. The number of hydrogen-bond donors (Lipinski definition) is 1. The average Bonchev–Trinajstić information content (AvgIpc) is 2.53. The van der Waals surface area contributed by atoms with Gasteiger partial charge in [-0.05, 0) is 68.8 Å². The highest BCUT2D eigenvalue weighted by Gasteiger charge is 2.25. The highest BCUT2D eigenvalue weighted by Crippen LogP contribution is 2.38. The van der Waals surface area contributed by atoms with E-state index in [0.29, 0.717) is 6.04 Å². The lowest BCUT2D eigenvalue weighted by molar-refractivity contribution is 0.335. The third-order valence-electron chi connectivity index (χ3n) is 4.05. The fraction of sp³-hybridized carbons (Fsp3) is 0.625. The summed E-state index contributed by atoms with van der Waals surface area (Å²) in [7, 11) is 2.07. The summed E-state index contributed by atoms with van der Waals surface area (Å²) in [5.41, 5.74) is 4.30. The fourth-order valence-electron chi connectivity index (χ4n) is 3.09. The molecule has 0 bridgehead atoms. The van der Waals surface area contributed by atoms with E-state index >= 15 is 0 Å². The van der Waals surface area contributed by atoms with Gasteiger partial charge in [-0.2, -0.15) is 0 Å². The maximum atomic E-state index is 5.82. The Kier molecular flexibility index (Phi) is 4.28. The predicted molar refractivity (Wildman–Crippen MR) is 76.3 cm³/mol. The molecule has 0 aromatic heterocycles. The Labute approximate surface area is 111 Å². The van der Waals surface area contributed by atoms with Crippen molar-refractivity contribution >= 4 is 0 Å². The van der Waals surface area contributed by atoms with E-state index in [4.69, 9.17) is 4.74 Å². The maximum Gasteiger partial charge on any atom is 0.122 e. The fourth-order valence-corrected chi connectivity index (χ4v) is 3.09. The molecule has 100 valence electrons. The molecule has 18 heavy (non-hydrogen) atoms. The van der Waals surface area contributed by atoms with Crippen molar-refractivity contribution in [3.63, 3.8) is 0 Å². The van der Waals surface area contributed by atoms with Crippen molar-refractivity contribution < 1.29 is 4.74 Å². The molecule has 0 aliphatic heterocycles. The van der Waals surface area contributed by atoms with Crippen LogP contribution in [0.4, 0.5) is 0 Å². The summed E-state index contributed by atoms with van der Waals surface area (Å²) < 4.78 is 5.82. The Morgan fingerprint density at radius 3 is 2.83 bits per heavy atom. The minimum Gasteiger partial charge on any atom is -0.494 e. The molecule has 1 aliphatic carbocycles. The van der Waals surface area contributed by atoms with Crippen LogP contribution in [0.25, 0.3) is 0 Å². The first-order chi connectivity index (χ1) is 8.67. The van der Waals surface area contributed by atoms with E-state index in [1.54, 1.807) is 0 Å². The summed E-state index contributed by atoms with van der Waals surface area (Å²) in [6, 6.07) is 4.81. The van der Waals surface area contributed by atoms with Crippen LogP contribution in [0.3, 0.4) is 0 Å². The lowest BCUT2D eigenvalue weighted by atomic mass is 9.93. The molecule has 2 rings (SSSR count). The molecular weight excluding hydrogens is 222 g/mol. The lowest BCUT2D eigenvalue weighted by Gasteiger charge is -2.22. The van der Waals surface area contributed by atoms with E-state index in [9.17, 15) is 0 Å². The van der Waals surface area contributed by atoms with Gasteiger partial charge in [0, 0.05) is 6.04 Å². The highest BCUT2D eigenvalue weighted by molar-refractivity contribution is 5.47. The van der Waals surface area contributed by atoms with E-state index in [1.807, 2.05) is 0 Å². The van der Waals surface area contributed by atoms with Crippen LogP contribution in [-0.2, 0) is 6.42 Å². The molecule has 1 aromatic carbocycles. The SMILES string of the molecule is CCOc1ccc(C)c2c1CCC(C)CC2NC. The van der Waals surface area contributed by atoms with Crippen molar-refractivity contribution in [2.45, 2.75) is 46.1 Å². The molecule has 0 spiro atoms. The molecule has 2 atom stereocenters. The number of aryl methyl sites for hydroxylation is 1. The van der Waals surface area contributed by atoms with Gasteiger partial charge in [-0.15, -0.1) is 0 Å². The molecule has 1 N–H and O–H groups in total. The van der Waals surface area contributed by atoms with Crippen molar-refractivity contribution in [2.24, 2.45) is 5.92 Å². The lowest BCUT2D eigenvalue weighted by Crippen LogP contribution is -2.19. The van der Waals surface area contributed by atoms with E-state index in [1.165, 1.54) is 29.5 Å². The van der Waals surface area contributed by atoms with Gasteiger partial charge in [-0.3, -0.25) is 0 Å². The van der Waals surface area contributed by atoms with Gasteiger partial charge in [0.05, 0.1) is 6.61 Å². The third-order valence-corrected chi connectivity index (χ3v) is 4.05. The van der Waals surface area contributed by atoms with Crippen molar-refractivity contribution in [1.82, 2.24) is 5.32 Å². The van der Waals surface area contributed by atoms with Gasteiger partial charge in [0.15, 0.2) is 0 Å². The van der Waals surface area contributed by atoms with Crippen molar-refractivity contribution in [3.05, 3.63) is 28.8 Å². The largest absolute Gasteiger partial charge is 0.494 e. The van der Waals surface area contributed by atoms with E-state index in [2.05, 4.69) is 45.3 Å². The Balaban J connectivity index is 2.49. The Hall–Kier alpha value is -1.02. The van der Waals surface area contributed by atoms with Crippen LogP contribution in [0, 0.1) is 12.8 Å². The second kappa shape index (κ2) is 5.75. The Morgan fingerprint density at radius 1 is 1.39 bits per heavy atom. The standard InChI is InChI=1S/C16H25NO/c1-5-18-15-9-7-12(3)16-13(15)8-6-11(2)10-14(16)17-4/h7,9,11,14,17H,5-6,8,10H2,1-4H3. The number of hydrogen-bond acceptors (Lipinski definition) is 2. The molecule has 0 saturated heterocycles. The molecule has 2 heteroatoms. The second-order valence-corrected chi connectivity index (χ2v) is 5.43. The molecule has 1 aliphatic rings. The van der Waals surface area contributed by atoms with Gasteiger partial charge < -0.3 is 10.1 Å². The first-order valence-electron chi connectivity index (χ1n) is 7.09. The van der Waals surface area contributed by atoms with Crippen LogP contribution in [0.2, 0.25) is 0 Å².